The van der Waals surface area contributed by atoms with E-state index in [-0.39, 0.29) is 10.7 Å². The second-order valence-electron chi connectivity index (χ2n) is 4.69. The van der Waals surface area contributed by atoms with Crippen LogP contribution in [0.1, 0.15) is 37.1 Å². The highest BCUT2D eigenvalue weighted by Gasteiger charge is 2.36. The third-order valence-corrected chi connectivity index (χ3v) is 4.03. The summed E-state index contributed by atoms with van der Waals surface area (Å²) in [6, 6.07) is 0. The second-order valence-corrected chi connectivity index (χ2v) is 5.66. The Morgan fingerprint density at radius 3 is 2.44 bits per heavy atom. The van der Waals surface area contributed by atoms with Crippen LogP contribution >= 0.6 is 11.3 Å². The zero-order valence-electron chi connectivity index (χ0n) is 9.76. The molecule has 0 aliphatic heterocycles. The number of anilines is 1. The fourth-order valence-corrected chi connectivity index (χ4v) is 2.70. The van der Waals surface area contributed by atoms with Gasteiger partial charge in [-0.2, -0.15) is 13.2 Å². The minimum atomic E-state index is -4.43. The van der Waals surface area contributed by atoms with Crippen molar-refractivity contribution in [3.8, 4) is 0 Å². The summed E-state index contributed by atoms with van der Waals surface area (Å²) in [6.45, 7) is 0.444. The third kappa shape index (κ3) is 3.32. The molecule has 0 bridgehead atoms. The first-order chi connectivity index (χ1) is 8.39. The number of nitrogens with one attached hydrogen (secondary N) is 1. The highest BCUT2D eigenvalue weighted by Crippen LogP contribution is 2.33. The first-order valence-corrected chi connectivity index (χ1v) is 6.64. The van der Waals surface area contributed by atoms with E-state index in [1.54, 1.807) is 0 Å². The molecule has 102 valence electrons. The van der Waals surface area contributed by atoms with Crippen molar-refractivity contribution < 1.29 is 13.2 Å². The molecule has 1 aliphatic rings. The van der Waals surface area contributed by atoms with E-state index in [0.29, 0.717) is 17.9 Å². The predicted molar refractivity (Wildman–Crippen MR) is 63.4 cm³/mol. The molecule has 18 heavy (non-hydrogen) atoms. The minimum absolute atomic E-state index is 0.178. The number of halogens is 3. The number of nitrogens with zero attached hydrogens (tertiary/aromatic N) is 2. The number of alkyl halides is 3. The Bertz CT molecular complexity index is 398. The largest absolute Gasteiger partial charge is 0.445 e. The van der Waals surface area contributed by atoms with Gasteiger partial charge in [-0.15, -0.1) is 10.2 Å². The topological polar surface area (TPSA) is 63.8 Å². The van der Waals surface area contributed by atoms with E-state index in [1.807, 2.05) is 0 Å². The van der Waals surface area contributed by atoms with Gasteiger partial charge in [-0.25, -0.2) is 0 Å². The van der Waals surface area contributed by atoms with Gasteiger partial charge in [0.2, 0.25) is 10.1 Å². The van der Waals surface area contributed by atoms with E-state index < -0.39 is 11.2 Å². The average molecular weight is 280 g/mol. The van der Waals surface area contributed by atoms with E-state index >= 15 is 0 Å². The van der Waals surface area contributed by atoms with E-state index in [4.69, 9.17) is 5.73 Å². The first kappa shape index (κ1) is 13.5. The lowest BCUT2D eigenvalue weighted by molar-refractivity contribution is -0.138. The van der Waals surface area contributed by atoms with Gasteiger partial charge >= 0.3 is 6.18 Å². The van der Waals surface area contributed by atoms with E-state index in [1.165, 1.54) is 6.42 Å². The van der Waals surface area contributed by atoms with Gasteiger partial charge in [0.15, 0.2) is 0 Å². The summed E-state index contributed by atoms with van der Waals surface area (Å²) in [5, 5.41) is 8.71. The predicted octanol–water partition coefficient (Wildman–Crippen LogP) is 2.63. The molecule has 1 aromatic heterocycles. The molecule has 0 aromatic carbocycles. The Kier molecular flexibility index (Phi) is 3.76. The quantitative estimate of drug-likeness (QED) is 0.893. The number of hydrogen-bond donors (Lipinski definition) is 2. The Morgan fingerprint density at radius 2 is 1.89 bits per heavy atom. The van der Waals surface area contributed by atoms with Crippen molar-refractivity contribution >= 4 is 16.5 Å². The van der Waals surface area contributed by atoms with Crippen molar-refractivity contribution in [2.75, 3.05) is 11.9 Å². The van der Waals surface area contributed by atoms with Crippen LogP contribution in [0.5, 0.6) is 0 Å². The maximum absolute atomic E-state index is 12.3. The zero-order chi connectivity index (χ0) is 13.2. The summed E-state index contributed by atoms with van der Waals surface area (Å²) in [5.74, 6) is 0. The zero-order valence-corrected chi connectivity index (χ0v) is 10.6. The Balaban J connectivity index is 1.92. The number of rotatable bonds is 3. The van der Waals surface area contributed by atoms with Crippen LogP contribution in [0, 0.1) is 0 Å². The van der Waals surface area contributed by atoms with Crippen LogP contribution in [0.2, 0.25) is 0 Å². The van der Waals surface area contributed by atoms with Crippen LogP contribution in [-0.4, -0.2) is 22.3 Å². The van der Waals surface area contributed by atoms with Crippen LogP contribution in [0.3, 0.4) is 0 Å². The average Bonchev–Trinajstić information content (AvgIpc) is 2.76. The molecule has 3 N–H and O–H groups in total. The Labute approximate surface area is 107 Å². The van der Waals surface area contributed by atoms with Crippen LogP contribution in [0.25, 0.3) is 0 Å². The molecule has 0 saturated heterocycles. The van der Waals surface area contributed by atoms with Crippen molar-refractivity contribution in [1.82, 2.24) is 10.2 Å². The van der Waals surface area contributed by atoms with Crippen molar-refractivity contribution in [3.63, 3.8) is 0 Å². The van der Waals surface area contributed by atoms with E-state index in [9.17, 15) is 13.2 Å². The molecule has 0 amide bonds. The molecular formula is C10H15F3N4S. The SMILES string of the molecule is NC1(CNc2nnc(C(F)(F)F)s2)CCCCC1. The van der Waals surface area contributed by atoms with E-state index in [0.717, 1.165) is 25.7 Å². The van der Waals surface area contributed by atoms with Gasteiger partial charge in [-0.3, -0.25) is 0 Å². The van der Waals surface area contributed by atoms with Gasteiger partial charge in [-0.1, -0.05) is 30.6 Å². The summed E-state index contributed by atoms with van der Waals surface area (Å²) in [4.78, 5) is 0. The van der Waals surface area contributed by atoms with Crippen molar-refractivity contribution in [2.45, 2.75) is 43.8 Å². The third-order valence-electron chi connectivity index (χ3n) is 3.11. The fourth-order valence-electron chi connectivity index (χ4n) is 2.09. The smallest absolute Gasteiger partial charge is 0.358 e. The number of aromatic nitrogens is 2. The lowest BCUT2D eigenvalue weighted by atomic mass is 9.82. The van der Waals surface area contributed by atoms with Crippen molar-refractivity contribution in [3.05, 3.63) is 5.01 Å². The minimum Gasteiger partial charge on any atom is -0.358 e. The summed E-state index contributed by atoms with van der Waals surface area (Å²) >= 11 is 0.513. The second kappa shape index (κ2) is 5.00. The molecule has 1 fully saturated rings. The summed E-state index contributed by atoms with van der Waals surface area (Å²) in [6.07, 6.45) is 0.679. The standard InChI is InChI=1S/C10H15F3N4S/c11-10(12,13)7-16-17-8(18-7)15-6-9(14)4-2-1-3-5-9/h1-6,14H2,(H,15,17). The first-order valence-electron chi connectivity index (χ1n) is 5.83. The van der Waals surface area contributed by atoms with Crippen LogP contribution < -0.4 is 11.1 Å². The lowest BCUT2D eigenvalue weighted by Crippen LogP contribution is -2.47. The Hall–Kier alpha value is -0.890. The molecule has 2 rings (SSSR count). The summed E-state index contributed by atoms with van der Waals surface area (Å²) in [7, 11) is 0. The molecule has 4 nitrogen and oxygen atoms in total. The lowest BCUT2D eigenvalue weighted by Gasteiger charge is -2.33. The van der Waals surface area contributed by atoms with Gasteiger partial charge in [0, 0.05) is 12.1 Å². The van der Waals surface area contributed by atoms with E-state index in [2.05, 4.69) is 15.5 Å². The fraction of sp³-hybridized carbons (Fsp3) is 0.800. The summed E-state index contributed by atoms with van der Waals surface area (Å²) < 4.78 is 37.0. The van der Waals surface area contributed by atoms with Crippen molar-refractivity contribution in [1.29, 1.82) is 0 Å². The molecule has 1 aromatic rings. The monoisotopic (exact) mass is 280 g/mol. The maximum Gasteiger partial charge on any atom is 0.445 e. The van der Waals surface area contributed by atoms with Gasteiger partial charge in [-0.05, 0) is 12.8 Å². The van der Waals surface area contributed by atoms with Gasteiger partial charge in [0.05, 0.1) is 0 Å². The molecule has 1 saturated carbocycles. The molecule has 0 atom stereocenters. The maximum atomic E-state index is 12.3. The van der Waals surface area contributed by atoms with Crippen molar-refractivity contribution in [2.24, 2.45) is 5.73 Å². The highest BCUT2D eigenvalue weighted by atomic mass is 32.1. The van der Waals surface area contributed by atoms with Gasteiger partial charge in [0.25, 0.3) is 0 Å². The molecule has 0 radical (unpaired) electrons. The molecular weight excluding hydrogens is 265 g/mol. The normalized spacial score (nSPS) is 19.8. The number of hydrogen-bond acceptors (Lipinski definition) is 5. The van der Waals surface area contributed by atoms with Crippen LogP contribution in [0.15, 0.2) is 0 Å². The Morgan fingerprint density at radius 1 is 1.22 bits per heavy atom. The molecule has 8 heteroatoms. The molecule has 1 heterocycles. The van der Waals surface area contributed by atoms with Gasteiger partial charge < -0.3 is 11.1 Å². The molecule has 0 spiro atoms. The molecule has 0 unspecified atom stereocenters. The molecule has 1 aliphatic carbocycles. The highest BCUT2D eigenvalue weighted by molar-refractivity contribution is 7.15. The van der Waals surface area contributed by atoms with Gasteiger partial charge in [0.1, 0.15) is 0 Å². The van der Waals surface area contributed by atoms with Crippen LogP contribution in [0.4, 0.5) is 18.3 Å². The van der Waals surface area contributed by atoms with Crippen LogP contribution in [-0.2, 0) is 6.18 Å². The summed E-state index contributed by atoms with van der Waals surface area (Å²) in [5.41, 5.74) is 5.84. The number of nitrogens with two attached hydrogens (primary N) is 1.